The van der Waals surface area contributed by atoms with E-state index < -0.39 is 14.2 Å². The molecule has 0 aliphatic carbocycles. The minimum atomic E-state index is -4.30. The van der Waals surface area contributed by atoms with Crippen molar-refractivity contribution in [2.75, 3.05) is 7.05 Å². The third-order valence-electron chi connectivity index (χ3n) is 3.17. The van der Waals surface area contributed by atoms with Crippen molar-refractivity contribution in [2.45, 2.75) is 13.0 Å². The van der Waals surface area contributed by atoms with Crippen LogP contribution in [0.5, 0.6) is 11.5 Å². The third kappa shape index (κ3) is 3.48. The quantitative estimate of drug-likeness (QED) is 0.873. The van der Waals surface area contributed by atoms with Crippen molar-refractivity contribution in [3.05, 3.63) is 60.2 Å². The molecule has 0 saturated heterocycles. The molecule has 2 aromatic rings. The Balaban J connectivity index is 1.71. The summed E-state index contributed by atoms with van der Waals surface area (Å²) in [6.45, 7) is 0.548. The van der Waals surface area contributed by atoms with Gasteiger partial charge in [-0.1, -0.05) is 36.4 Å². The fourth-order valence-electron chi connectivity index (χ4n) is 2.14. The van der Waals surface area contributed by atoms with Crippen molar-refractivity contribution < 1.29 is 23.2 Å². The van der Waals surface area contributed by atoms with Gasteiger partial charge in [0.25, 0.3) is 6.41 Å². The number of nitrogens with zero attached hydrogens (tertiary/aromatic N) is 1. The second-order valence-electron chi connectivity index (χ2n) is 4.93. The number of hydrogen-bond donors (Lipinski definition) is 1. The molecule has 1 heterocycles. The Morgan fingerprint density at radius 2 is 1.86 bits per heavy atom. The van der Waals surface area contributed by atoms with Crippen LogP contribution < -0.4 is 9.26 Å². The van der Waals surface area contributed by atoms with Crippen LogP contribution in [0.15, 0.2) is 54.6 Å². The number of phosphoric acid groups is 1. The summed E-state index contributed by atoms with van der Waals surface area (Å²) >= 11 is 0. The zero-order chi connectivity index (χ0) is 15.6. The summed E-state index contributed by atoms with van der Waals surface area (Å²) in [5.74, 6) is 0.887. The summed E-state index contributed by atoms with van der Waals surface area (Å²) in [6.07, 6.45) is -0.991. The number of hydrogen-bond acceptors (Lipinski definition) is 5. The van der Waals surface area contributed by atoms with Crippen LogP contribution in [0.3, 0.4) is 0 Å². The lowest BCUT2D eigenvalue weighted by Gasteiger charge is -2.33. The highest BCUT2D eigenvalue weighted by Crippen LogP contribution is 2.46. The summed E-state index contributed by atoms with van der Waals surface area (Å²) in [7, 11) is -2.56. The zero-order valence-corrected chi connectivity index (χ0v) is 12.8. The highest BCUT2D eigenvalue weighted by molar-refractivity contribution is 7.47. The van der Waals surface area contributed by atoms with Crippen LogP contribution in [-0.2, 0) is 15.6 Å². The minimum absolute atomic E-state index is 0.257. The van der Waals surface area contributed by atoms with E-state index in [0.29, 0.717) is 12.3 Å². The molecular weight excluding hydrogens is 305 g/mol. The van der Waals surface area contributed by atoms with Gasteiger partial charge in [0.2, 0.25) is 0 Å². The predicted molar refractivity (Wildman–Crippen MR) is 80.3 cm³/mol. The van der Waals surface area contributed by atoms with Crippen molar-refractivity contribution >= 4 is 7.82 Å². The Hall–Kier alpha value is -1.85. The lowest BCUT2D eigenvalue weighted by molar-refractivity contribution is -0.131. The summed E-state index contributed by atoms with van der Waals surface area (Å²) in [6, 6.07) is 15.8. The van der Waals surface area contributed by atoms with Gasteiger partial charge in [0.15, 0.2) is 0 Å². The van der Waals surface area contributed by atoms with Crippen LogP contribution in [0.25, 0.3) is 0 Å². The normalized spacial score (nSPS) is 20.5. The summed E-state index contributed by atoms with van der Waals surface area (Å²) in [4.78, 5) is 11.6. The molecule has 0 saturated carbocycles. The van der Waals surface area contributed by atoms with Gasteiger partial charge in [0.05, 0.1) is 0 Å². The monoisotopic (exact) mass is 321 g/mol. The van der Waals surface area contributed by atoms with E-state index >= 15 is 0 Å². The van der Waals surface area contributed by atoms with Crippen molar-refractivity contribution in [2.24, 2.45) is 0 Å². The molecule has 0 radical (unpaired) electrons. The molecule has 1 aliphatic rings. The molecule has 0 fully saturated rings. The average Bonchev–Trinajstić information content (AvgIpc) is 2.48. The van der Waals surface area contributed by atoms with Gasteiger partial charge in [-0.3, -0.25) is 4.89 Å². The molecule has 6 nitrogen and oxygen atoms in total. The number of fused-ring (bicyclic) bond motifs is 1. The fourth-order valence-corrected chi connectivity index (χ4v) is 3.01. The van der Waals surface area contributed by atoms with E-state index in [1.165, 1.54) is 0 Å². The topological polar surface area (TPSA) is 68.2 Å². The Labute approximate surface area is 128 Å². The summed E-state index contributed by atoms with van der Waals surface area (Å²) in [5.41, 5.74) is 0.988. The molecule has 2 aromatic carbocycles. The van der Waals surface area contributed by atoms with E-state index in [0.717, 1.165) is 5.56 Å². The van der Waals surface area contributed by atoms with Crippen molar-refractivity contribution in [3.63, 3.8) is 0 Å². The molecule has 0 spiro atoms. The first-order chi connectivity index (χ1) is 10.5. The molecule has 0 aromatic heterocycles. The summed E-state index contributed by atoms with van der Waals surface area (Å²) < 4.78 is 27.9. The molecule has 1 N–H and O–H groups in total. The van der Waals surface area contributed by atoms with Crippen molar-refractivity contribution in [1.29, 1.82) is 0 Å². The van der Waals surface area contributed by atoms with E-state index in [2.05, 4.69) is 0 Å². The Kier molecular flexibility index (Phi) is 4.18. The number of phosphoric ester groups is 1. The molecular formula is C15H16NO5P. The van der Waals surface area contributed by atoms with Crippen LogP contribution in [0, 0.1) is 0 Å². The molecule has 116 valence electrons. The van der Waals surface area contributed by atoms with Crippen LogP contribution in [0.2, 0.25) is 0 Å². The first kappa shape index (κ1) is 15.1. The number of para-hydroxylation sites is 2. The lowest BCUT2D eigenvalue weighted by atomic mass is 10.2. The second-order valence-corrected chi connectivity index (χ2v) is 6.26. The minimum Gasteiger partial charge on any atom is -0.450 e. The first-order valence-corrected chi connectivity index (χ1v) is 8.24. The molecule has 2 unspecified atom stereocenters. The van der Waals surface area contributed by atoms with E-state index in [-0.39, 0.29) is 5.75 Å². The van der Waals surface area contributed by atoms with Gasteiger partial charge in [0.1, 0.15) is 11.5 Å². The maximum absolute atomic E-state index is 12.1. The molecule has 7 heteroatoms. The average molecular weight is 321 g/mol. The van der Waals surface area contributed by atoms with Crippen LogP contribution in [0.1, 0.15) is 5.56 Å². The Morgan fingerprint density at radius 3 is 2.64 bits per heavy atom. The van der Waals surface area contributed by atoms with Crippen LogP contribution in [0.4, 0.5) is 0 Å². The van der Waals surface area contributed by atoms with Crippen LogP contribution >= 0.6 is 7.82 Å². The molecule has 22 heavy (non-hydrogen) atoms. The lowest BCUT2D eigenvalue weighted by Crippen LogP contribution is -2.41. The molecule has 2 atom stereocenters. The van der Waals surface area contributed by atoms with E-state index in [4.69, 9.17) is 13.8 Å². The smallest absolute Gasteiger partial charge is 0.450 e. The Morgan fingerprint density at radius 1 is 1.18 bits per heavy atom. The van der Waals surface area contributed by atoms with E-state index in [1.54, 1.807) is 48.3 Å². The number of ether oxygens (including phenoxy) is 1. The van der Waals surface area contributed by atoms with E-state index in [1.807, 2.05) is 18.2 Å². The third-order valence-corrected chi connectivity index (χ3v) is 4.06. The highest BCUT2D eigenvalue weighted by Gasteiger charge is 2.34. The maximum Gasteiger partial charge on any atom is 0.531 e. The molecule has 1 aliphatic heterocycles. The fraction of sp³-hybridized carbons (Fsp3) is 0.200. The molecule has 0 amide bonds. The number of rotatable bonds is 4. The van der Waals surface area contributed by atoms with Gasteiger partial charge in [-0.15, -0.1) is 0 Å². The van der Waals surface area contributed by atoms with Gasteiger partial charge in [-0.05, 0) is 25.2 Å². The van der Waals surface area contributed by atoms with Gasteiger partial charge in [0, 0.05) is 12.1 Å². The van der Waals surface area contributed by atoms with Crippen molar-refractivity contribution in [1.82, 2.24) is 4.90 Å². The number of benzene rings is 2. The largest absolute Gasteiger partial charge is 0.531 e. The van der Waals surface area contributed by atoms with Gasteiger partial charge in [-0.25, -0.2) is 14.0 Å². The summed E-state index contributed by atoms with van der Waals surface area (Å²) in [5, 5.41) is 0. The standard InChI is InChI=1S/C15H16NO5P/c1-16-11-12-7-5-6-10-14(12)19-15(16)21-22(17,18)20-13-8-3-2-4-9-13/h2-10,15H,11H2,1H3,(H,17,18). The van der Waals surface area contributed by atoms with Crippen molar-refractivity contribution in [3.8, 4) is 11.5 Å². The predicted octanol–water partition coefficient (Wildman–Crippen LogP) is 2.99. The molecule has 0 bridgehead atoms. The second kappa shape index (κ2) is 6.10. The molecule has 3 rings (SSSR count). The first-order valence-electron chi connectivity index (χ1n) is 6.74. The maximum atomic E-state index is 12.1. The van der Waals surface area contributed by atoms with E-state index in [9.17, 15) is 9.46 Å². The van der Waals surface area contributed by atoms with Crippen LogP contribution in [-0.4, -0.2) is 23.3 Å². The van der Waals surface area contributed by atoms with Gasteiger partial charge >= 0.3 is 7.82 Å². The zero-order valence-electron chi connectivity index (χ0n) is 12.0. The Bertz CT molecular complexity index is 693. The SMILES string of the molecule is CN1Cc2ccccc2OC1OP(=O)(O)Oc1ccccc1. The van der Waals surface area contributed by atoms with Gasteiger partial charge in [-0.2, -0.15) is 0 Å². The van der Waals surface area contributed by atoms with Gasteiger partial charge < -0.3 is 9.26 Å². The highest BCUT2D eigenvalue weighted by atomic mass is 31.2.